The summed E-state index contributed by atoms with van der Waals surface area (Å²) in [5, 5.41) is 0. The molecular weight excluding hydrogens is 202 g/mol. The lowest BCUT2D eigenvalue weighted by atomic mass is 10.1. The van der Waals surface area contributed by atoms with Crippen LogP contribution in [0.2, 0.25) is 0 Å². The van der Waals surface area contributed by atoms with E-state index in [0.29, 0.717) is 6.54 Å². The molecule has 1 aromatic heterocycles. The highest BCUT2D eigenvalue weighted by Gasteiger charge is 2.49. The van der Waals surface area contributed by atoms with Gasteiger partial charge >= 0.3 is 0 Å². The van der Waals surface area contributed by atoms with E-state index in [9.17, 15) is 4.79 Å². The average molecular weight is 221 g/mol. The second kappa shape index (κ2) is 4.29. The van der Waals surface area contributed by atoms with Crippen LogP contribution in [0, 0.1) is 5.41 Å². The number of H-pyrrole nitrogens is 1. The zero-order chi connectivity index (χ0) is 11.6. The number of hydrogen-bond donors (Lipinski definition) is 2. The highest BCUT2D eigenvalue weighted by atomic mass is 16.2. The van der Waals surface area contributed by atoms with Crippen LogP contribution in [0.15, 0.2) is 18.5 Å². The minimum atomic E-state index is -0.215. The lowest BCUT2D eigenvalue weighted by Gasteiger charge is -2.22. The Balaban J connectivity index is 1.84. The Bertz CT molecular complexity index is 354. The lowest BCUT2D eigenvalue weighted by molar-refractivity contribution is -0.135. The van der Waals surface area contributed by atoms with Crippen molar-refractivity contribution >= 4 is 5.91 Å². The van der Waals surface area contributed by atoms with Gasteiger partial charge in [-0.05, 0) is 30.9 Å². The third-order valence-corrected chi connectivity index (χ3v) is 3.44. The Morgan fingerprint density at radius 2 is 2.38 bits per heavy atom. The molecule has 4 nitrogen and oxygen atoms in total. The molecule has 1 amide bonds. The number of hydrogen-bond acceptors (Lipinski definition) is 2. The van der Waals surface area contributed by atoms with E-state index in [2.05, 4.69) is 4.98 Å². The van der Waals surface area contributed by atoms with Gasteiger partial charge in [0, 0.05) is 32.5 Å². The van der Waals surface area contributed by atoms with E-state index in [1.165, 1.54) is 5.56 Å². The van der Waals surface area contributed by atoms with E-state index < -0.39 is 0 Å². The fourth-order valence-corrected chi connectivity index (χ4v) is 1.97. The van der Waals surface area contributed by atoms with Gasteiger partial charge < -0.3 is 15.6 Å². The van der Waals surface area contributed by atoms with Crippen LogP contribution >= 0.6 is 0 Å². The molecule has 0 unspecified atom stereocenters. The molecular formula is C12H19N3O. The Labute approximate surface area is 95.8 Å². The van der Waals surface area contributed by atoms with Crippen molar-refractivity contribution in [3.63, 3.8) is 0 Å². The molecule has 0 aromatic carbocycles. The third-order valence-electron chi connectivity index (χ3n) is 3.44. The van der Waals surface area contributed by atoms with Crippen molar-refractivity contribution in [1.82, 2.24) is 9.88 Å². The summed E-state index contributed by atoms with van der Waals surface area (Å²) in [7, 11) is 1.87. The normalized spacial score (nSPS) is 17.1. The monoisotopic (exact) mass is 221 g/mol. The summed E-state index contributed by atoms with van der Waals surface area (Å²) in [5.41, 5.74) is 6.66. The summed E-state index contributed by atoms with van der Waals surface area (Å²) < 4.78 is 0. The number of carbonyl (C=O) groups excluding carboxylic acids is 1. The van der Waals surface area contributed by atoms with Gasteiger partial charge in [0.25, 0.3) is 0 Å². The highest BCUT2D eigenvalue weighted by Crippen LogP contribution is 2.45. The first kappa shape index (κ1) is 11.2. The largest absolute Gasteiger partial charge is 0.367 e. The van der Waals surface area contributed by atoms with Gasteiger partial charge in [-0.25, -0.2) is 0 Å². The van der Waals surface area contributed by atoms with Gasteiger partial charge in [0.2, 0.25) is 5.91 Å². The van der Waals surface area contributed by atoms with Crippen molar-refractivity contribution in [2.24, 2.45) is 11.1 Å². The highest BCUT2D eigenvalue weighted by molar-refractivity contribution is 5.85. The van der Waals surface area contributed by atoms with Crippen LogP contribution < -0.4 is 5.73 Å². The first-order valence-corrected chi connectivity index (χ1v) is 5.75. The molecule has 4 heteroatoms. The van der Waals surface area contributed by atoms with E-state index in [-0.39, 0.29) is 11.3 Å². The zero-order valence-electron chi connectivity index (χ0n) is 9.70. The summed E-state index contributed by atoms with van der Waals surface area (Å²) >= 11 is 0. The Kier molecular flexibility index (Phi) is 3.01. The Hall–Kier alpha value is -1.29. The van der Waals surface area contributed by atoms with E-state index in [4.69, 9.17) is 5.73 Å². The van der Waals surface area contributed by atoms with Crippen molar-refractivity contribution in [1.29, 1.82) is 0 Å². The summed E-state index contributed by atoms with van der Waals surface area (Å²) in [6.45, 7) is 1.25. The second-order valence-electron chi connectivity index (χ2n) is 4.68. The molecule has 1 fully saturated rings. The first-order chi connectivity index (χ1) is 7.68. The molecule has 1 heterocycles. The van der Waals surface area contributed by atoms with E-state index in [0.717, 1.165) is 25.8 Å². The minimum absolute atomic E-state index is 0.213. The molecule has 0 bridgehead atoms. The number of nitrogens with zero attached hydrogens (tertiary/aromatic N) is 1. The molecule has 1 aliphatic carbocycles. The average Bonchev–Trinajstić information content (AvgIpc) is 2.94. The molecule has 1 aromatic rings. The standard InChI is InChI=1S/C12H19N3O/c1-15(7-3-10-2-6-14-8-10)11(16)12(9-13)4-5-12/h2,6,8,14H,3-5,7,9,13H2,1H3. The third kappa shape index (κ3) is 2.11. The molecule has 0 spiro atoms. The Morgan fingerprint density at radius 3 is 2.88 bits per heavy atom. The molecule has 0 saturated heterocycles. The molecule has 2 rings (SSSR count). The van der Waals surface area contributed by atoms with Crippen LogP contribution in [0.4, 0.5) is 0 Å². The number of nitrogens with two attached hydrogens (primary N) is 1. The van der Waals surface area contributed by atoms with Gasteiger partial charge in [-0.2, -0.15) is 0 Å². The Morgan fingerprint density at radius 1 is 1.62 bits per heavy atom. The smallest absolute Gasteiger partial charge is 0.229 e. The van der Waals surface area contributed by atoms with Crippen LogP contribution in [0.1, 0.15) is 18.4 Å². The van der Waals surface area contributed by atoms with Crippen LogP contribution in [-0.4, -0.2) is 35.9 Å². The van der Waals surface area contributed by atoms with Crippen molar-refractivity contribution in [2.45, 2.75) is 19.3 Å². The zero-order valence-corrected chi connectivity index (χ0v) is 9.70. The molecule has 0 atom stereocenters. The fourth-order valence-electron chi connectivity index (χ4n) is 1.97. The van der Waals surface area contributed by atoms with Crippen LogP contribution in [-0.2, 0) is 11.2 Å². The van der Waals surface area contributed by atoms with Gasteiger partial charge in [-0.1, -0.05) is 0 Å². The van der Waals surface area contributed by atoms with Crippen molar-refractivity contribution < 1.29 is 4.79 Å². The van der Waals surface area contributed by atoms with Crippen molar-refractivity contribution in [3.05, 3.63) is 24.0 Å². The van der Waals surface area contributed by atoms with Crippen molar-refractivity contribution in [2.75, 3.05) is 20.1 Å². The summed E-state index contributed by atoms with van der Waals surface area (Å²) in [4.78, 5) is 16.9. The van der Waals surface area contributed by atoms with Crippen LogP contribution in [0.3, 0.4) is 0 Å². The maximum atomic E-state index is 12.1. The van der Waals surface area contributed by atoms with Gasteiger partial charge in [0.1, 0.15) is 0 Å². The molecule has 0 aliphatic heterocycles. The molecule has 1 aliphatic rings. The van der Waals surface area contributed by atoms with Gasteiger partial charge in [-0.3, -0.25) is 4.79 Å². The summed E-state index contributed by atoms with van der Waals surface area (Å²) in [6.07, 6.45) is 6.67. The number of carbonyl (C=O) groups is 1. The topological polar surface area (TPSA) is 62.1 Å². The first-order valence-electron chi connectivity index (χ1n) is 5.75. The maximum absolute atomic E-state index is 12.1. The molecule has 1 saturated carbocycles. The predicted molar refractivity (Wildman–Crippen MR) is 62.9 cm³/mol. The van der Waals surface area contributed by atoms with E-state index in [1.807, 2.05) is 30.4 Å². The predicted octanol–water partition coefficient (Wildman–Crippen LogP) is 0.754. The maximum Gasteiger partial charge on any atom is 0.229 e. The minimum Gasteiger partial charge on any atom is -0.367 e. The molecule has 88 valence electrons. The number of rotatable bonds is 5. The molecule has 16 heavy (non-hydrogen) atoms. The summed E-state index contributed by atoms with van der Waals surface area (Å²) in [6, 6.07) is 2.04. The SMILES string of the molecule is CN(CCc1cc[nH]c1)C(=O)C1(CN)CC1. The van der Waals surface area contributed by atoms with E-state index in [1.54, 1.807) is 0 Å². The number of nitrogens with one attached hydrogen (secondary N) is 1. The van der Waals surface area contributed by atoms with Crippen LogP contribution in [0.25, 0.3) is 0 Å². The summed E-state index contributed by atoms with van der Waals surface area (Å²) in [5.74, 6) is 0.213. The number of aromatic nitrogens is 1. The number of likely N-dealkylation sites (N-methyl/N-ethyl adjacent to an activating group) is 1. The van der Waals surface area contributed by atoms with Crippen molar-refractivity contribution in [3.8, 4) is 0 Å². The van der Waals surface area contributed by atoms with Gasteiger partial charge in [0.15, 0.2) is 0 Å². The number of amides is 1. The fraction of sp³-hybridized carbons (Fsp3) is 0.583. The molecule has 3 N–H and O–H groups in total. The van der Waals surface area contributed by atoms with E-state index >= 15 is 0 Å². The lowest BCUT2D eigenvalue weighted by Crippen LogP contribution is -2.39. The quantitative estimate of drug-likeness (QED) is 0.771. The molecule has 0 radical (unpaired) electrons. The van der Waals surface area contributed by atoms with Gasteiger partial charge in [0.05, 0.1) is 5.41 Å². The van der Waals surface area contributed by atoms with Crippen LogP contribution in [0.5, 0.6) is 0 Å². The van der Waals surface area contributed by atoms with Gasteiger partial charge in [-0.15, -0.1) is 0 Å². The second-order valence-corrected chi connectivity index (χ2v) is 4.68. The number of aromatic amines is 1.